The highest BCUT2D eigenvalue weighted by atomic mass is 19.4. The lowest BCUT2D eigenvalue weighted by Gasteiger charge is -2.35. The average molecular weight is 554 g/mol. The van der Waals surface area contributed by atoms with Crippen molar-refractivity contribution in [2.45, 2.75) is 26.9 Å². The smallest absolute Gasteiger partial charge is 0.368 e. The zero-order valence-corrected chi connectivity index (χ0v) is 22.5. The van der Waals surface area contributed by atoms with Gasteiger partial charge in [0.1, 0.15) is 11.4 Å². The highest BCUT2D eigenvalue weighted by molar-refractivity contribution is 6.04. The lowest BCUT2D eigenvalue weighted by atomic mass is 10.2. The maximum atomic E-state index is 12.6. The van der Waals surface area contributed by atoms with Gasteiger partial charge in [-0.2, -0.15) is 13.2 Å². The van der Waals surface area contributed by atoms with Crippen LogP contribution in [-0.2, 0) is 4.79 Å². The molecule has 0 bridgehead atoms. The van der Waals surface area contributed by atoms with Crippen molar-refractivity contribution >= 4 is 23.5 Å². The summed E-state index contributed by atoms with van der Waals surface area (Å²) in [6, 6.07) is 3.70. The van der Waals surface area contributed by atoms with Gasteiger partial charge >= 0.3 is 6.18 Å². The number of aliphatic imine (C=N–C) groups is 1. The van der Waals surface area contributed by atoms with E-state index in [0.717, 1.165) is 63.2 Å². The summed E-state index contributed by atoms with van der Waals surface area (Å²) in [5, 5.41) is 11.2. The Kier molecular flexibility index (Phi) is 8.73. The molecule has 4 rings (SSSR count). The van der Waals surface area contributed by atoms with Gasteiger partial charge in [-0.1, -0.05) is 18.7 Å². The van der Waals surface area contributed by atoms with Crippen molar-refractivity contribution in [3.63, 3.8) is 0 Å². The van der Waals surface area contributed by atoms with Gasteiger partial charge in [0.15, 0.2) is 0 Å². The normalized spacial score (nSPS) is 15.1. The van der Waals surface area contributed by atoms with Gasteiger partial charge in [0.2, 0.25) is 0 Å². The molecule has 0 aliphatic carbocycles. The van der Waals surface area contributed by atoms with E-state index < -0.39 is 17.7 Å². The van der Waals surface area contributed by atoms with Gasteiger partial charge < -0.3 is 15.1 Å². The molecule has 0 unspecified atom stereocenters. The third kappa shape index (κ3) is 6.97. The van der Waals surface area contributed by atoms with Gasteiger partial charge in [-0.05, 0) is 38.6 Å². The molecule has 3 aromatic heterocycles. The Labute approximate surface area is 229 Å². The highest BCUT2D eigenvalue weighted by Gasteiger charge is 2.29. The Morgan fingerprint density at radius 1 is 1.18 bits per heavy atom. The van der Waals surface area contributed by atoms with Gasteiger partial charge in [0, 0.05) is 49.7 Å². The molecule has 0 spiro atoms. The molecule has 40 heavy (non-hydrogen) atoms. The van der Waals surface area contributed by atoms with Crippen LogP contribution in [0.2, 0.25) is 0 Å². The molecule has 1 N–H and O–H groups in total. The lowest BCUT2D eigenvalue weighted by molar-refractivity contribution is -0.112. The van der Waals surface area contributed by atoms with Crippen molar-refractivity contribution < 1.29 is 18.0 Å². The highest BCUT2D eigenvalue weighted by Crippen LogP contribution is 2.25. The first kappa shape index (κ1) is 28.6. The number of piperazine rings is 1. The van der Waals surface area contributed by atoms with Crippen LogP contribution in [-0.4, -0.2) is 80.9 Å². The monoisotopic (exact) mass is 553 g/mol. The number of halogens is 3. The predicted octanol–water partition coefficient (Wildman–Crippen LogP) is 4.21. The molecule has 210 valence electrons. The number of rotatable bonds is 8. The topological polar surface area (TPSA) is 104 Å². The van der Waals surface area contributed by atoms with E-state index in [2.05, 4.69) is 53.9 Å². The van der Waals surface area contributed by atoms with E-state index in [4.69, 9.17) is 0 Å². The second-order valence-corrected chi connectivity index (χ2v) is 9.26. The number of likely N-dealkylation sites (N-methyl/N-ethyl adjacent to an activating group) is 1. The molecule has 1 aliphatic heterocycles. The molecular weight excluding hydrogens is 523 g/mol. The van der Waals surface area contributed by atoms with E-state index in [9.17, 15) is 18.0 Å². The Morgan fingerprint density at radius 3 is 2.62 bits per heavy atom. The molecule has 13 heteroatoms. The van der Waals surface area contributed by atoms with Crippen LogP contribution in [0.5, 0.6) is 0 Å². The number of aryl methyl sites for hydroxylation is 1. The SMILES string of the molecule is C=C(N=C/C=C(\C)C(F)(F)F)C(=O)Nc1cnc(C)c(-n2cc(-c3cncc(N4CCN(CC)CC4)c3)nn2)c1. The van der Waals surface area contributed by atoms with Crippen molar-refractivity contribution in [1.29, 1.82) is 0 Å². The molecule has 0 atom stereocenters. The number of hydrogen-bond acceptors (Lipinski definition) is 8. The van der Waals surface area contributed by atoms with Crippen LogP contribution in [0.15, 0.2) is 65.8 Å². The summed E-state index contributed by atoms with van der Waals surface area (Å²) in [5.74, 6) is -0.687. The minimum Gasteiger partial charge on any atom is -0.368 e. The molecule has 1 fully saturated rings. The molecule has 1 amide bonds. The van der Waals surface area contributed by atoms with Crippen LogP contribution in [0.1, 0.15) is 19.5 Å². The Morgan fingerprint density at radius 2 is 1.93 bits per heavy atom. The number of nitrogens with one attached hydrogen (secondary N) is 1. The Balaban J connectivity index is 1.46. The second-order valence-electron chi connectivity index (χ2n) is 9.26. The van der Waals surface area contributed by atoms with E-state index >= 15 is 0 Å². The van der Waals surface area contributed by atoms with Crippen LogP contribution in [0.4, 0.5) is 24.5 Å². The van der Waals surface area contributed by atoms with Crippen molar-refractivity contribution in [2.24, 2.45) is 4.99 Å². The number of amides is 1. The van der Waals surface area contributed by atoms with Crippen molar-refractivity contribution in [3.05, 3.63) is 66.5 Å². The Hall–Kier alpha value is -4.39. The minimum absolute atomic E-state index is 0.264. The zero-order valence-electron chi connectivity index (χ0n) is 22.5. The molecular formula is C27H30F3N9O. The maximum absolute atomic E-state index is 12.6. The quantitative estimate of drug-likeness (QED) is 0.329. The Bertz CT molecular complexity index is 1440. The fourth-order valence-electron chi connectivity index (χ4n) is 3.99. The first-order valence-electron chi connectivity index (χ1n) is 12.7. The standard InChI is InChI=1S/C27H30F3N9O/c1-5-37-8-10-38(11-9-37)23-12-21(14-31-16-23)24-17-39(36-35-24)25-13-22(15-33-19(25)3)34-26(40)20(4)32-7-6-18(2)27(28,29)30/h6-7,12-17H,4-5,8-11H2,1-3H3,(H,34,40)/b18-6+,32-7?. The number of aromatic nitrogens is 5. The first-order valence-corrected chi connectivity index (χ1v) is 12.7. The third-order valence-electron chi connectivity index (χ3n) is 6.53. The maximum Gasteiger partial charge on any atom is 0.412 e. The van der Waals surface area contributed by atoms with Gasteiger partial charge in [-0.25, -0.2) is 4.68 Å². The number of carbonyl (C=O) groups is 1. The van der Waals surface area contributed by atoms with Gasteiger partial charge in [0.05, 0.1) is 41.3 Å². The number of nitrogens with zero attached hydrogens (tertiary/aromatic N) is 8. The van der Waals surface area contributed by atoms with Gasteiger partial charge in [0.25, 0.3) is 5.91 Å². The van der Waals surface area contributed by atoms with E-state index in [1.807, 2.05) is 12.3 Å². The summed E-state index contributed by atoms with van der Waals surface area (Å²) in [6.45, 7) is 13.3. The van der Waals surface area contributed by atoms with Crippen LogP contribution in [0, 0.1) is 6.92 Å². The number of hydrogen-bond donors (Lipinski definition) is 1. The summed E-state index contributed by atoms with van der Waals surface area (Å²) < 4.78 is 39.3. The number of alkyl halides is 3. The first-order chi connectivity index (χ1) is 19.0. The summed E-state index contributed by atoms with van der Waals surface area (Å²) >= 11 is 0. The van der Waals surface area contributed by atoms with E-state index in [0.29, 0.717) is 22.8 Å². The number of pyridine rings is 2. The van der Waals surface area contributed by atoms with Crippen LogP contribution in [0.3, 0.4) is 0 Å². The molecule has 1 saturated heterocycles. The van der Waals surface area contributed by atoms with Crippen LogP contribution < -0.4 is 10.2 Å². The number of anilines is 2. The van der Waals surface area contributed by atoms with E-state index in [1.54, 1.807) is 30.1 Å². The number of allylic oxidation sites excluding steroid dienone is 2. The van der Waals surface area contributed by atoms with Crippen LogP contribution in [0.25, 0.3) is 16.9 Å². The van der Waals surface area contributed by atoms with Crippen molar-refractivity contribution in [3.8, 4) is 16.9 Å². The number of carbonyl (C=O) groups excluding carboxylic acids is 1. The molecule has 0 aromatic carbocycles. The second kappa shape index (κ2) is 12.2. The van der Waals surface area contributed by atoms with Gasteiger partial charge in [-0.3, -0.25) is 19.8 Å². The molecule has 0 saturated carbocycles. The average Bonchev–Trinajstić information content (AvgIpc) is 3.44. The molecule has 10 nitrogen and oxygen atoms in total. The molecule has 1 aliphatic rings. The predicted molar refractivity (Wildman–Crippen MR) is 148 cm³/mol. The van der Waals surface area contributed by atoms with E-state index in [-0.39, 0.29) is 5.70 Å². The minimum atomic E-state index is -4.47. The summed E-state index contributed by atoms with van der Waals surface area (Å²) in [4.78, 5) is 29.6. The fourth-order valence-corrected chi connectivity index (χ4v) is 3.99. The van der Waals surface area contributed by atoms with E-state index in [1.165, 1.54) is 6.20 Å². The summed E-state index contributed by atoms with van der Waals surface area (Å²) in [5.41, 5.74) is 2.91. The lowest BCUT2D eigenvalue weighted by Crippen LogP contribution is -2.46. The van der Waals surface area contributed by atoms with Crippen LogP contribution >= 0.6 is 0 Å². The molecule has 4 heterocycles. The molecule has 0 radical (unpaired) electrons. The van der Waals surface area contributed by atoms with Gasteiger partial charge in [-0.15, -0.1) is 5.10 Å². The van der Waals surface area contributed by atoms with Crippen molar-refractivity contribution in [2.75, 3.05) is 42.9 Å². The van der Waals surface area contributed by atoms with Crippen molar-refractivity contribution in [1.82, 2.24) is 29.9 Å². The summed E-state index contributed by atoms with van der Waals surface area (Å²) in [6.07, 6.45) is 3.97. The largest absolute Gasteiger partial charge is 0.412 e. The summed E-state index contributed by atoms with van der Waals surface area (Å²) in [7, 11) is 0. The third-order valence-corrected chi connectivity index (χ3v) is 6.53. The zero-order chi connectivity index (χ0) is 28.9. The molecule has 3 aromatic rings. The fraction of sp³-hybridized carbons (Fsp3) is 0.333.